The first kappa shape index (κ1) is 52.0. The highest BCUT2D eigenvalue weighted by Crippen LogP contribution is 2.23. The maximum Gasteiger partial charge on any atom is 0.0667 e. The van der Waals surface area contributed by atoms with Gasteiger partial charge in [-0.1, -0.05) is 169 Å². The van der Waals surface area contributed by atoms with E-state index in [2.05, 4.69) is 59.8 Å². The van der Waals surface area contributed by atoms with Crippen LogP contribution < -0.4 is 0 Å². The van der Waals surface area contributed by atoms with Crippen LogP contribution >= 0.6 is 21.6 Å². The van der Waals surface area contributed by atoms with E-state index < -0.39 is 0 Å². The van der Waals surface area contributed by atoms with Crippen LogP contribution in [0.5, 0.6) is 0 Å². The lowest BCUT2D eigenvalue weighted by Crippen LogP contribution is -2.46. The van der Waals surface area contributed by atoms with E-state index >= 15 is 0 Å². The molecule has 0 aromatic carbocycles. The van der Waals surface area contributed by atoms with Crippen LogP contribution in [0.4, 0.5) is 0 Å². The third-order valence-corrected chi connectivity index (χ3v) is 13.7. The molecule has 2 N–H and O–H groups in total. The molecule has 1 heterocycles. The molecule has 1 rings (SSSR count). The number of aliphatic hydroxyl groups excluding tert-OH is 2. The summed E-state index contributed by atoms with van der Waals surface area (Å²) >= 11 is 0. The largest absolute Gasteiger partial charge is 0.392 e. The highest BCUT2D eigenvalue weighted by molar-refractivity contribution is 8.76. The van der Waals surface area contributed by atoms with Crippen molar-refractivity contribution in [2.45, 2.75) is 206 Å². The molecule has 7 heteroatoms. The minimum Gasteiger partial charge on any atom is -0.392 e. The Hall–Kier alpha value is -0.0200. The van der Waals surface area contributed by atoms with Crippen molar-refractivity contribution in [3.05, 3.63) is 24.3 Å². The second kappa shape index (κ2) is 41.2. The van der Waals surface area contributed by atoms with Gasteiger partial charge in [0.15, 0.2) is 0 Å². The molecule has 1 aliphatic rings. The first-order valence-electron chi connectivity index (χ1n) is 23.7. The average Bonchev–Trinajstić information content (AvgIpc) is 3.18. The van der Waals surface area contributed by atoms with Crippen LogP contribution in [0.25, 0.3) is 0 Å². The van der Waals surface area contributed by atoms with Crippen molar-refractivity contribution in [3.8, 4) is 0 Å². The highest BCUT2D eigenvalue weighted by Gasteiger charge is 2.17. The zero-order valence-electron chi connectivity index (χ0n) is 36.4. The molecule has 54 heavy (non-hydrogen) atoms. The Morgan fingerprint density at radius 3 is 1.31 bits per heavy atom. The van der Waals surface area contributed by atoms with E-state index in [0.717, 1.165) is 44.4 Å². The van der Waals surface area contributed by atoms with Gasteiger partial charge in [0.05, 0.1) is 12.2 Å². The van der Waals surface area contributed by atoms with Crippen molar-refractivity contribution >= 4 is 21.6 Å². The number of unbranched alkanes of at least 4 members (excludes halogenated alkanes) is 20. The number of allylic oxidation sites excluding steroid dienone is 4. The second-order valence-electron chi connectivity index (χ2n) is 16.4. The number of piperazine rings is 1. The quantitative estimate of drug-likeness (QED) is 0.0363. The third kappa shape index (κ3) is 35.2. The number of rotatable bonds is 41. The van der Waals surface area contributed by atoms with Gasteiger partial charge < -0.3 is 15.1 Å². The number of hydrogen-bond donors (Lipinski definition) is 2. The molecular weight excluding hydrogens is 703 g/mol. The lowest BCUT2D eigenvalue weighted by Gasteiger charge is -2.33. The number of aliphatic hydroxyl groups is 2. The summed E-state index contributed by atoms with van der Waals surface area (Å²) in [6.45, 7) is 16.4. The highest BCUT2D eigenvalue weighted by atomic mass is 33.1. The standard InChI is InChI=1S/C47H93N3O2S2/c1-4-7-9-11-13-15-17-19-21-23-25-27-29-31-34-46(51)44-50(36-33-42-53-54-43-41-49-39-37-48(6-3)38-40-49)45-47(52)35-32-30-28-26-24-22-20-18-16-14-12-10-8-5-2/h19-22,46-47,51-52H,4-18,23-45H2,1-3H3/b21-19-,22-20-. The lowest BCUT2D eigenvalue weighted by molar-refractivity contribution is 0.0607. The fourth-order valence-electron chi connectivity index (χ4n) is 7.54. The van der Waals surface area contributed by atoms with Gasteiger partial charge >= 0.3 is 0 Å². The summed E-state index contributed by atoms with van der Waals surface area (Å²) in [6, 6.07) is 0. The summed E-state index contributed by atoms with van der Waals surface area (Å²) in [6.07, 6.45) is 43.0. The first-order valence-corrected chi connectivity index (χ1v) is 26.1. The maximum absolute atomic E-state index is 11.0. The average molecular weight is 796 g/mol. The van der Waals surface area contributed by atoms with Gasteiger partial charge in [0.2, 0.25) is 0 Å². The molecule has 5 nitrogen and oxygen atoms in total. The fourth-order valence-corrected chi connectivity index (χ4v) is 9.64. The van der Waals surface area contributed by atoms with E-state index in [-0.39, 0.29) is 12.2 Å². The molecule has 2 atom stereocenters. The summed E-state index contributed by atoms with van der Waals surface area (Å²) in [7, 11) is 4.03. The molecule has 320 valence electrons. The van der Waals surface area contributed by atoms with Crippen molar-refractivity contribution in [2.75, 3.05) is 70.4 Å². The molecule has 0 amide bonds. The minimum atomic E-state index is -0.293. The summed E-state index contributed by atoms with van der Waals surface area (Å²) in [4.78, 5) is 7.54. The molecular formula is C47H93N3O2S2. The van der Waals surface area contributed by atoms with E-state index in [0.29, 0.717) is 13.1 Å². The van der Waals surface area contributed by atoms with E-state index in [1.807, 2.05) is 21.6 Å². The van der Waals surface area contributed by atoms with Gasteiger partial charge in [-0.05, 0) is 83.7 Å². The zero-order chi connectivity index (χ0) is 39.0. The Morgan fingerprint density at radius 1 is 0.481 bits per heavy atom. The van der Waals surface area contributed by atoms with Crippen LogP contribution in [0, 0.1) is 0 Å². The molecule has 1 fully saturated rings. The van der Waals surface area contributed by atoms with Crippen molar-refractivity contribution in [1.82, 2.24) is 14.7 Å². The van der Waals surface area contributed by atoms with Gasteiger partial charge in [-0.25, -0.2) is 0 Å². The summed E-state index contributed by atoms with van der Waals surface area (Å²) in [5.74, 6) is 2.33. The Bertz CT molecular complexity index is 762. The van der Waals surface area contributed by atoms with Gasteiger partial charge in [0, 0.05) is 57.3 Å². The molecule has 1 saturated heterocycles. The van der Waals surface area contributed by atoms with E-state index in [1.165, 1.54) is 186 Å². The van der Waals surface area contributed by atoms with Crippen molar-refractivity contribution in [2.24, 2.45) is 0 Å². The number of likely N-dealkylation sites (N-methyl/N-ethyl adjacent to an activating group) is 1. The Labute approximate surface area is 346 Å². The van der Waals surface area contributed by atoms with Gasteiger partial charge in [-0.3, -0.25) is 9.80 Å². The van der Waals surface area contributed by atoms with Crippen LogP contribution in [0.1, 0.15) is 194 Å². The summed E-state index contributed by atoms with van der Waals surface area (Å²) in [5.41, 5.74) is 0. The SMILES string of the molecule is CCCCCCCC/C=C\CCCCCCC(O)CN(CCCSSCCN1CCN(CC)CC1)CC(O)CCCCCC/C=C\CCCCCCCC. The second-order valence-corrected chi connectivity index (χ2v) is 19.1. The molecule has 1 aliphatic heterocycles. The molecule has 0 aromatic rings. The Balaban J connectivity index is 2.25. The zero-order valence-corrected chi connectivity index (χ0v) is 38.0. The topological polar surface area (TPSA) is 50.2 Å². The monoisotopic (exact) mass is 796 g/mol. The van der Waals surface area contributed by atoms with Gasteiger partial charge in [0.1, 0.15) is 0 Å². The predicted octanol–water partition coefficient (Wildman–Crippen LogP) is 12.7. The minimum absolute atomic E-state index is 0.293. The maximum atomic E-state index is 11.0. The lowest BCUT2D eigenvalue weighted by atomic mass is 10.1. The van der Waals surface area contributed by atoms with Crippen LogP contribution in [0.15, 0.2) is 24.3 Å². The Kier molecular flexibility index (Phi) is 39.6. The van der Waals surface area contributed by atoms with Crippen molar-refractivity contribution in [3.63, 3.8) is 0 Å². The normalized spacial score (nSPS) is 15.7. The van der Waals surface area contributed by atoms with Crippen LogP contribution in [0.3, 0.4) is 0 Å². The van der Waals surface area contributed by atoms with Crippen LogP contribution in [-0.2, 0) is 0 Å². The Morgan fingerprint density at radius 2 is 0.870 bits per heavy atom. The molecule has 2 unspecified atom stereocenters. The number of hydrogen-bond acceptors (Lipinski definition) is 7. The first-order chi connectivity index (χ1) is 26.6. The van der Waals surface area contributed by atoms with E-state index in [9.17, 15) is 10.2 Å². The van der Waals surface area contributed by atoms with Crippen LogP contribution in [-0.4, -0.2) is 108 Å². The fraction of sp³-hybridized carbons (Fsp3) is 0.915. The van der Waals surface area contributed by atoms with Gasteiger partial charge in [-0.15, -0.1) is 0 Å². The predicted molar refractivity (Wildman–Crippen MR) is 246 cm³/mol. The van der Waals surface area contributed by atoms with Gasteiger partial charge in [0.25, 0.3) is 0 Å². The molecule has 0 saturated carbocycles. The van der Waals surface area contributed by atoms with Crippen molar-refractivity contribution in [1.29, 1.82) is 0 Å². The van der Waals surface area contributed by atoms with E-state index in [4.69, 9.17) is 0 Å². The smallest absolute Gasteiger partial charge is 0.0667 e. The summed E-state index contributed by atoms with van der Waals surface area (Å²) < 4.78 is 0. The van der Waals surface area contributed by atoms with Crippen molar-refractivity contribution < 1.29 is 10.2 Å². The molecule has 0 radical (unpaired) electrons. The van der Waals surface area contributed by atoms with Crippen LogP contribution in [0.2, 0.25) is 0 Å². The molecule has 0 aromatic heterocycles. The number of nitrogens with zero attached hydrogens (tertiary/aromatic N) is 3. The molecule has 0 bridgehead atoms. The molecule has 0 spiro atoms. The molecule has 0 aliphatic carbocycles. The third-order valence-electron chi connectivity index (χ3n) is 11.2. The van der Waals surface area contributed by atoms with E-state index in [1.54, 1.807) is 0 Å². The van der Waals surface area contributed by atoms with Gasteiger partial charge in [-0.2, -0.15) is 0 Å². The summed E-state index contributed by atoms with van der Waals surface area (Å²) in [5, 5.41) is 22.0.